The Hall–Kier alpha value is -3.73. The molecule has 2 aliphatic rings. The largest absolute Gasteiger partial charge is 0.418 e. The van der Waals surface area contributed by atoms with Gasteiger partial charge in [-0.15, -0.1) is 4.91 Å². The third-order valence-corrected chi connectivity index (χ3v) is 7.49. The summed E-state index contributed by atoms with van der Waals surface area (Å²) in [4.78, 5) is 32.1. The molecule has 1 amide bonds. The van der Waals surface area contributed by atoms with Crippen LogP contribution in [0, 0.1) is 4.91 Å². The van der Waals surface area contributed by atoms with Gasteiger partial charge in [0.15, 0.2) is 0 Å². The van der Waals surface area contributed by atoms with E-state index in [1.54, 1.807) is 0 Å². The molecular weight excluding hydrogens is 511 g/mol. The molecule has 5 rings (SSSR count). The number of nitroso groups, excluding NO2 is 1. The fourth-order valence-corrected chi connectivity index (χ4v) is 5.38. The number of para-hydroxylation sites is 1. The number of aromatic nitrogens is 1. The second-order valence-electron chi connectivity index (χ2n) is 9.97. The number of fused-ring (bicyclic) bond motifs is 1. The van der Waals surface area contributed by atoms with Crippen molar-refractivity contribution in [2.75, 3.05) is 43.0 Å². The molecule has 1 saturated carbocycles. The number of halogens is 3. The maximum absolute atomic E-state index is 13.2. The van der Waals surface area contributed by atoms with Crippen LogP contribution in [-0.4, -0.2) is 60.7 Å². The summed E-state index contributed by atoms with van der Waals surface area (Å²) in [5.74, 6) is -0.0296. The summed E-state index contributed by atoms with van der Waals surface area (Å²) < 4.78 is 45.5. The number of amides is 1. The highest BCUT2D eigenvalue weighted by atomic mass is 19.4. The van der Waals surface area contributed by atoms with E-state index in [1.165, 1.54) is 6.07 Å². The third kappa shape index (κ3) is 6.30. The number of benzene rings is 2. The van der Waals surface area contributed by atoms with Gasteiger partial charge in [0.05, 0.1) is 17.2 Å². The summed E-state index contributed by atoms with van der Waals surface area (Å²) >= 11 is 0. The molecule has 0 spiro atoms. The molecule has 0 atom stereocenters. The molecule has 1 aromatic heterocycles. The molecule has 206 valence electrons. The lowest BCUT2D eigenvalue weighted by atomic mass is 9.92. The Morgan fingerprint density at radius 2 is 1.77 bits per heavy atom. The van der Waals surface area contributed by atoms with E-state index in [9.17, 15) is 22.9 Å². The van der Waals surface area contributed by atoms with Crippen LogP contribution in [-0.2, 0) is 15.7 Å². The first-order valence-electron chi connectivity index (χ1n) is 13.1. The molecule has 39 heavy (non-hydrogen) atoms. The number of carbonyl (C=O) groups excluding carboxylic acids is 1. The van der Waals surface area contributed by atoms with Gasteiger partial charge in [0.25, 0.3) is 0 Å². The zero-order valence-electron chi connectivity index (χ0n) is 21.4. The van der Waals surface area contributed by atoms with Crippen molar-refractivity contribution in [3.63, 3.8) is 0 Å². The SMILES string of the molecule is O=Nc1ccc(NC2CCC(OCC(=O)N3CCN(c4ccnc5ccccc45)CC3)CC2)cc1C(F)(F)F. The Bertz CT molecular complexity index is 1310. The first-order chi connectivity index (χ1) is 18.8. The van der Waals surface area contributed by atoms with Crippen LogP contribution in [0.15, 0.2) is 59.9 Å². The van der Waals surface area contributed by atoms with Crippen molar-refractivity contribution in [3.05, 3.63) is 65.2 Å². The van der Waals surface area contributed by atoms with Gasteiger partial charge in [0.1, 0.15) is 12.3 Å². The van der Waals surface area contributed by atoms with E-state index >= 15 is 0 Å². The number of hydrogen-bond acceptors (Lipinski definition) is 7. The number of anilines is 2. The van der Waals surface area contributed by atoms with Gasteiger partial charge in [-0.1, -0.05) is 18.2 Å². The second-order valence-corrected chi connectivity index (χ2v) is 9.97. The van der Waals surface area contributed by atoms with Gasteiger partial charge in [-0.2, -0.15) is 13.2 Å². The quantitative estimate of drug-likeness (QED) is 0.384. The number of pyridine rings is 1. The minimum Gasteiger partial charge on any atom is -0.382 e. The molecule has 2 heterocycles. The van der Waals surface area contributed by atoms with Crippen LogP contribution < -0.4 is 10.2 Å². The molecule has 2 aromatic carbocycles. The standard InChI is InChI=1S/C28H30F3N5O3/c29-28(30,31)23-17-20(7-10-25(23)34-38)33-19-5-8-21(9-6-19)39-18-27(37)36-15-13-35(14-16-36)26-11-12-32-24-4-2-1-3-22(24)26/h1-4,7,10-12,17,19,21,33H,5-6,8-9,13-16,18H2. The van der Waals surface area contributed by atoms with Gasteiger partial charge in [-0.05, 0) is 61.2 Å². The Morgan fingerprint density at radius 3 is 2.49 bits per heavy atom. The van der Waals surface area contributed by atoms with Gasteiger partial charge in [0, 0.05) is 55.2 Å². The second kappa shape index (κ2) is 11.6. The van der Waals surface area contributed by atoms with E-state index < -0.39 is 17.4 Å². The maximum Gasteiger partial charge on any atom is 0.418 e. The Morgan fingerprint density at radius 1 is 1.03 bits per heavy atom. The number of piperazine rings is 1. The molecule has 11 heteroatoms. The van der Waals surface area contributed by atoms with Crippen LogP contribution in [0.25, 0.3) is 10.9 Å². The third-order valence-electron chi connectivity index (χ3n) is 7.49. The summed E-state index contributed by atoms with van der Waals surface area (Å²) in [6, 6.07) is 13.5. The topological polar surface area (TPSA) is 87.1 Å². The van der Waals surface area contributed by atoms with Gasteiger partial charge < -0.3 is 19.9 Å². The fourth-order valence-electron chi connectivity index (χ4n) is 5.38. The molecule has 1 aliphatic carbocycles. The Kier molecular flexibility index (Phi) is 7.97. The number of ether oxygens (including phenoxy) is 1. The average Bonchev–Trinajstić information content (AvgIpc) is 2.96. The minimum atomic E-state index is -4.65. The molecule has 1 aliphatic heterocycles. The lowest BCUT2D eigenvalue weighted by Crippen LogP contribution is -2.50. The van der Waals surface area contributed by atoms with Crippen LogP contribution in [0.4, 0.5) is 30.2 Å². The highest BCUT2D eigenvalue weighted by Crippen LogP contribution is 2.38. The predicted molar refractivity (Wildman–Crippen MR) is 143 cm³/mol. The normalized spacial score (nSPS) is 20.2. The van der Waals surface area contributed by atoms with Crippen LogP contribution in [0.5, 0.6) is 0 Å². The van der Waals surface area contributed by atoms with Crippen LogP contribution in [0.2, 0.25) is 0 Å². The predicted octanol–water partition coefficient (Wildman–Crippen LogP) is 5.74. The van der Waals surface area contributed by atoms with E-state index in [0.717, 1.165) is 41.8 Å². The summed E-state index contributed by atoms with van der Waals surface area (Å²) in [5, 5.41) is 6.71. The first kappa shape index (κ1) is 26.9. The maximum atomic E-state index is 13.2. The van der Waals surface area contributed by atoms with Crippen molar-refractivity contribution in [1.29, 1.82) is 0 Å². The lowest BCUT2D eigenvalue weighted by molar-refractivity contribution is -0.139. The minimum absolute atomic E-state index is 0.0194. The number of nitrogens with zero attached hydrogens (tertiary/aromatic N) is 4. The molecule has 1 N–H and O–H groups in total. The monoisotopic (exact) mass is 541 g/mol. The number of rotatable bonds is 7. The van der Waals surface area contributed by atoms with Crippen molar-refractivity contribution >= 4 is 33.9 Å². The molecule has 0 bridgehead atoms. The number of alkyl halides is 3. The summed E-state index contributed by atoms with van der Waals surface area (Å²) in [6.07, 6.45) is -0.0999. The van der Waals surface area contributed by atoms with E-state index in [2.05, 4.69) is 26.4 Å². The van der Waals surface area contributed by atoms with Gasteiger partial charge in [-0.25, -0.2) is 0 Å². The molecule has 2 fully saturated rings. The van der Waals surface area contributed by atoms with Crippen molar-refractivity contribution < 1.29 is 22.7 Å². The summed E-state index contributed by atoms with van der Waals surface area (Å²) in [7, 11) is 0. The molecule has 1 saturated heterocycles. The first-order valence-corrected chi connectivity index (χ1v) is 13.1. The number of nitrogens with one attached hydrogen (secondary N) is 1. The van der Waals surface area contributed by atoms with E-state index in [-0.39, 0.29) is 24.7 Å². The number of hydrogen-bond donors (Lipinski definition) is 1. The van der Waals surface area contributed by atoms with E-state index in [0.29, 0.717) is 44.5 Å². The number of carbonyl (C=O) groups is 1. The van der Waals surface area contributed by atoms with E-state index in [1.807, 2.05) is 35.4 Å². The van der Waals surface area contributed by atoms with Crippen molar-refractivity contribution in [3.8, 4) is 0 Å². The zero-order chi connectivity index (χ0) is 27.4. The van der Waals surface area contributed by atoms with Crippen LogP contribution in [0.1, 0.15) is 31.2 Å². The van der Waals surface area contributed by atoms with Crippen molar-refractivity contribution in [2.24, 2.45) is 5.18 Å². The molecule has 3 aromatic rings. The molecular formula is C28H30F3N5O3. The van der Waals surface area contributed by atoms with Gasteiger partial charge >= 0.3 is 6.18 Å². The smallest absolute Gasteiger partial charge is 0.382 e. The van der Waals surface area contributed by atoms with Crippen molar-refractivity contribution in [1.82, 2.24) is 9.88 Å². The zero-order valence-corrected chi connectivity index (χ0v) is 21.4. The molecule has 0 radical (unpaired) electrons. The van der Waals surface area contributed by atoms with Gasteiger partial charge in [0.2, 0.25) is 5.91 Å². The Labute approximate surface area is 224 Å². The highest BCUT2D eigenvalue weighted by molar-refractivity contribution is 5.91. The van der Waals surface area contributed by atoms with E-state index in [4.69, 9.17) is 4.74 Å². The molecule has 8 nitrogen and oxygen atoms in total. The highest BCUT2D eigenvalue weighted by Gasteiger charge is 2.35. The summed E-state index contributed by atoms with van der Waals surface area (Å²) in [6.45, 7) is 2.73. The van der Waals surface area contributed by atoms with Gasteiger partial charge in [-0.3, -0.25) is 9.78 Å². The van der Waals surface area contributed by atoms with Crippen LogP contribution >= 0.6 is 0 Å². The van der Waals surface area contributed by atoms with Crippen LogP contribution in [0.3, 0.4) is 0 Å². The fraction of sp³-hybridized carbons (Fsp3) is 0.429. The lowest BCUT2D eigenvalue weighted by Gasteiger charge is -2.37. The Balaban J connectivity index is 1.06. The van der Waals surface area contributed by atoms with Crippen molar-refractivity contribution in [2.45, 2.75) is 44.0 Å². The average molecular weight is 542 g/mol. The summed E-state index contributed by atoms with van der Waals surface area (Å²) in [5.41, 5.74) is 0.703. The molecule has 0 unspecified atom stereocenters.